The minimum absolute atomic E-state index is 0.314. The number of H-pyrrole nitrogens is 1. The van der Waals surface area contributed by atoms with Gasteiger partial charge in [-0.1, -0.05) is 0 Å². The summed E-state index contributed by atoms with van der Waals surface area (Å²) in [4.78, 5) is 13.4. The summed E-state index contributed by atoms with van der Waals surface area (Å²) in [5.41, 5.74) is 0.216. The Morgan fingerprint density at radius 2 is 2.35 bits per heavy atom. The Labute approximate surface area is 98.4 Å². The normalized spacial score (nSPS) is 10.9. The number of fused-ring (bicyclic) bond motifs is 1. The van der Waals surface area contributed by atoms with E-state index in [-0.39, 0.29) is 5.69 Å². The van der Waals surface area contributed by atoms with Crippen LogP contribution in [0.1, 0.15) is 6.42 Å². The lowest BCUT2D eigenvalue weighted by atomic mass is 10.4. The van der Waals surface area contributed by atoms with Crippen LogP contribution in [0.3, 0.4) is 0 Å². The van der Waals surface area contributed by atoms with Crippen molar-refractivity contribution in [1.82, 2.24) is 25.1 Å². The molecule has 0 radical (unpaired) electrons. The van der Waals surface area contributed by atoms with Crippen LogP contribution in [0.15, 0.2) is 16.9 Å². The summed E-state index contributed by atoms with van der Waals surface area (Å²) in [5.74, 6) is 0.761. The van der Waals surface area contributed by atoms with E-state index in [1.807, 2.05) is 25.1 Å². The van der Waals surface area contributed by atoms with Crippen LogP contribution in [0.25, 0.3) is 5.65 Å². The first kappa shape index (κ1) is 11.6. The molecule has 0 aliphatic heterocycles. The maximum atomic E-state index is 11.4. The van der Waals surface area contributed by atoms with Gasteiger partial charge in [0.05, 0.1) is 0 Å². The fourth-order valence-corrected chi connectivity index (χ4v) is 1.60. The lowest BCUT2D eigenvalue weighted by Crippen LogP contribution is -2.24. The summed E-state index contributed by atoms with van der Waals surface area (Å²) in [5, 5.41) is 13.5. The number of hydrogen-bond donors (Lipinski definition) is 2. The zero-order chi connectivity index (χ0) is 12.3. The van der Waals surface area contributed by atoms with Crippen molar-refractivity contribution < 1.29 is 0 Å². The molecule has 2 aromatic rings. The fraction of sp³-hybridized carbons (Fsp3) is 0.500. The van der Waals surface area contributed by atoms with E-state index < -0.39 is 0 Å². The Hall–Kier alpha value is -1.89. The van der Waals surface area contributed by atoms with Crippen LogP contribution in [0.2, 0.25) is 0 Å². The molecular formula is C10H16N6O. The van der Waals surface area contributed by atoms with Crippen molar-refractivity contribution in [2.75, 3.05) is 32.1 Å². The molecule has 0 saturated carbocycles. The molecule has 2 aromatic heterocycles. The fourth-order valence-electron chi connectivity index (χ4n) is 1.60. The largest absolute Gasteiger partial charge is 0.364 e. The minimum Gasteiger partial charge on any atom is -0.358 e. The van der Waals surface area contributed by atoms with E-state index in [0.29, 0.717) is 5.65 Å². The highest BCUT2D eigenvalue weighted by Crippen LogP contribution is 2.08. The summed E-state index contributed by atoms with van der Waals surface area (Å²) in [6.45, 7) is 1.84. The molecule has 2 heterocycles. The van der Waals surface area contributed by atoms with Gasteiger partial charge in [0.15, 0.2) is 5.65 Å². The van der Waals surface area contributed by atoms with Crippen molar-refractivity contribution in [2.45, 2.75) is 6.42 Å². The van der Waals surface area contributed by atoms with Crippen LogP contribution in [0.4, 0.5) is 5.82 Å². The van der Waals surface area contributed by atoms with Crippen LogP contribution < -0.4 is 15.9 Å². The maximum absolute atomic E-state index is 11.4. The predicted octanol–water partition coefficient (Wildman–Crippen LogP) is -0.537. The second-order valence-electron chi connectivity index (χ2n) is 3.87. The van der Waals surface area contributed by atoms with Crippen molar-refractivity contribution in [3.8, 4) is 0 Å². The number of aromatic nitrogens is 4. The number of anilines is 1. The van der Waals surface area contributed by atoms with Crippen molar-refractivity contribution in [2.24, 2.45) is 0 Å². The van der Waals surface area contributed by atoms with Gasteiger partial charge in [-0.2, -0.15) is 9.61 Å². The number of aromatic amines is 1. The van der Waals surface area contributed by atoms with Crippen molar-refractivity contribution >= 4 is 11.5 Å². The molecule has 0 aliphatic rings. The van der Waals surface area contributed by atoms with Gasteiger partial charge < -0.3 is 10.2 Å². The second kappa shape index (κ2) is 4.96. The third kappa shape index (κ3) is 2.44. The van der Waals surface area contributed by atoms with Crippen LogP contribution in [0.5, 0.6) is 0 Å². The molecule has 0 aliphatic carbocycles. The van der Waals surface area contributed by atoms with Crippen LogP contribution in [-0.4, -0.2) is 47.0 Å². The zero-order valence-electron chi connectivity index (χ0n) is 9.97. The molecule has 0 aromatic carbocycles. The Morgan fingerprint density at radius 3 is 3.12 bits per heavy atom. The number of hydrogen-bond acceptors (Lipinski definition) is 5. The lowest BCUT2D eigenvalue weighted by Gasteiger charge is -2.17. The summed E-state index contributed by atoms with van der Waals surface area (Å²) in [6, 6.07) is 3.63. The molecular weight excluding hydrogens is 220 g/mol. The van der Waals surface area contributed by atoms with Crippen LogP contribution in [-0.2, 0) is 0 Å². The summed E-state index contributed by atoms with van der Waals surface area (Å²) in [7, 11) is 3.88. The molecule has 0 saturated heterocycles. The van der Waals surface area contributed by atoms with E-state index in [4.69, 9.17) is 0 Å². The smallest absolute Gasteiger partial charge is 0.358 e. The van der Waals surface area contributed by atoms with Gasteiger partial charge in [0.25, 0.3) is 0 Å². The highest BCUT2D eigenvalue weighted by molar-refractivity contribution is 5.44. The van der Waals surface area contributed by atoms with Crippen molar-refractivity contribution in [3.63, 3.8) is 0 Å². The SMILES string of the molecule is CNCCCN(C)c1ccc2n[nH]c(=O)n2n1. The lowest BCUT2D eigenvalue weighted by molar-refractivity contribution is 0.703. The molecule has 2 N–H and O–H groups in total. The van der Waals surface area contributed by atoms with E-state index in [9.17, 15) is 4.79 Å². The highest BCUT2D eigenvalue weighted by atomic mass is 16.2. The van der Waals surface area contributed by atoms with E-state index in [0.717, 1.165) is 25.3 Å². The van der Waals surface area contributed by atoms with Gasteiger partial charge in [0.1, 0.15) is 5.82 Å². The van der Waals surface area contributed by atoms with E-state index in [1.54, 1.807) is 6.07 Å². The summed E-state index contributed by atoms with van der Waals surface area (Å²) >= 11 is 0. The molecule has 92 valence electrons. The molecule has 0 unspecified atom stereocenters. The third-order valence-corrected chi connectivity index (χ3v) is 2.57. The Kier molecular flexibility index (Phi) is 3.38. The first-order valence-electron chi connectivity index (χ1n) is 5.52. The molecule has 0 bridgehead atoms. The van der Waals surface area contributed by atoms with Gasteiger partial charge in [-0.15, -0.1) is 5.10 Å². The average Bonchev–Trinajstić information content (AvgIpc) is 2.71. The van der Waals surface area contributed by atoms with Gasteiger partial charge in [-0.3, -0.25) is 0 Å². The van der Waals surface area contributed by atoms with E-state index in [1.165, 1.54) is 4.52 Å². The molecule has 7 heteroatoms. The quantitative estimate of drug-likeness (QED) is 0.682. The van der Waals surface area contributed by atoms with Crippen LogP contribution in [0, 0.1) is 0 Å². The molecule has 0 atom stereocenters. The van der Waals surface area contributed by atoms with E-state index >= 15 is 0 Å². The summed E-state index contributed by atoms with van der Waals surface area (Å²) < 4.78 is 1.27. The van der Waals surface area contributed by atoms with Crippen molar-refractivity contribution in [3.05, 3.63) is 22.6 Å². The molecule has 7 nitrogen and oxygen atoms in total. The number of nitrogens with zero attached hydrogens (tertiary/aromatic N) is 4. The van der Waals surface area contributed by atoms with Gasteiger partial charge >= 0.3 is 5.69 Å². The second-order valence-corrected chi connectivity index (χ2v) is 3.87. The number of nitrogens with one attached hydrogen (secondary N) is 2. The average molecular weight is 236 g/mol. The first-order valence-corrected chi connectivity index (χ1v) is 5.52. The van der Waals surface area contributed by atoms with Gasteiger partial charge in [0.2, 0.25) is 0 Å². The number of rotatable bonds is 5. The topological polar surface area (TPSA) is 78.3 Å². The highest BCUT2D eigenvalue weighted by Gasteiger charge is 2.06. The van der Waals surface area contributed by atoms with Crippen LogP contribution >= 0.6 is 0 Å². The predicted molar refractivity (Wildman–Crippen MR) is 65.4 cm³/mol. The standard InChI is InChI=1S/C10H16N6O/c1-11-6-3-7-15(2)9-5-4-8-12-13-10(17)16(8)14-9/h4-5,11H,3,6-7H2,1-2H3,(H,13,17). The zero-order valence-corrected chi connectivity index (χ0v) is 9.97. The molecule has 2 rings (SSSR count). The molecule has 17 heavy (non-hydrogen) atoms. The Bertz CT molecular complexity index is 545. The summed E-state index contributed by atoms with van der Waals surface area (Å²) in [6.07, 6.45) is 1.02. The monoisotopic (exact) mass is 236 g/mol. The molecule has 0 amide bonds. The van der Waals surface area contributed by atoms with Gasteiger partial charge in [-0.25, -0.2) is 9.89 Å². The first-order chi connectivity index (χ1) is 8.22. The third-order valence-electron chi connectivity index (χ3n) is 2.57. The Morgan fingerprint density at radius 1 is 1.53 bits per heavy atom. The van der Waals surface area contributed by atoms with Crippen molar-refractivity contribution in [1.29, 1.82) is 0 Å². The maximum Gasteiger partial charge on any atom is 0.364 e. The Balaban J connectivity index is 2.17. The van der Waals surface area contributed by atoms with E-state index in [2.05, 4.69) is 20.6 Å². The minimum atomic E-state index is -0.314. The van der Waals surface area contributed by atoms with Gasteiger partial charge in [-0.05, 0) is 32.1 Å². The molecule has 0 fully saturated rings. The molecule has 0 spiro atoms. The van der Waals surface area contributed by atoms with Gasteiger partial charge in [0, 0.05) is 13.6 Å².